The molecule has 0 aromatic carbocycles. The van der Waals surface area contributed by atoms with Crippen LogP contribution in [0.25, 0.3) is 0 Å². The number of hydrogen-bond donors (Lipinski definition) is 1. The highest BCUT2D eigenvalue weighted by Gasteiger charge is 2.16. The summed E-state index contributed by atoms with van der Waals surface area (Å²) in [7, 11) is 2.12. The first kappa shape index (κ1) is 12.3. The van der Waals surface area contributed by atoms with Crippen molar-refractivity contribution >= 4 is 22.9 Å². The van der Waals surface area contributed by atoms with Gasteiger partial charge in [-0.2, -0.15) is 0 Å². The summed E-state index contributed by atoms with van der Waals surface area (Å²) in [5, 5.41) is 4.37. The van der Waals surface area contributed by atoms with Crippen LogP contribution in [0.4, 0.5) is 0 Å². The van der Waals surface area contributed by atoms with Gasteiger partial charge < -0.3 is 15.0 Å². The molecule has 1 aromatic rings. The summed E-state index contributed by atoms with van der Waals surface area (Å²) in [6.07, 6.45) is 1.97. The molecular formula is C10H16ClN3OS. The van der Waals surface area contributed by atoms with Crippen LogP contribution < -0.4 is 5.32 Å². The molecular weight excluding hydrogens is 246 g/mol. The molecule has 0 amide bonds. The van der Waals surface area contributed by atoms with E-state index in [2.05, 4.69) is 22.2 Å². The van der Waals surface area contributed by atoms with Crippen molar-refractivity contribution < 1.29 is 4.74 Å². The highest BCUT2D eigenvalue weighted by Crippen LogP contribution is 2.17. The van der Waals surface area contributed by atoms with Crippen molar-refractivity contribution in [2.75, 3.05) is 33.3 Å². The van der Waals surface area contributed by atoms with Gasteiger partial charge in [0.1, 0.15) is 9.34 Å². The number of hydrogen-bond acceptors (Lipinski definition) is 5. The largest absolute Gasteiger partial charge is 0.374 e. The van der Waals surface area contributed by atoms with Crippen LogP contribution in [-0.4, -0.2) is 49.3 Å². The maximum Gasteiger partial charge on any atom is 0.113 e. The zero-order valence-corrected chi connectivity index (χ0v) is 10.9. The van der Waals surface area contributed by atoms with Gasteiger partial charge in [-0.3, -0.25) is 0 Å². The van der Waals surface area contributed by atoms with E-state index in [0.29, 0.717) is 0 Å². The van der Waals surface area contributed by atoms with Crippen molar-refractivity contribution in [2.45, 2.75) is 12.6 Å². The fraction of sp³-hybridized carbons (Fsp3) is 0.700. The second-order valence-corrected chi connectivity index (χ2v) is 5.69. The Labute approximate surface area is 105 Å². The van der Waals surface area contributed by atoms with Crippen LogP contribution in [0, 0.1) is 0 Å². The summed E-state index contributed by atoms with van der Waals surface area (Å²) in [6, 6.07) is 0. The van der Waals surface area contributed by atoms with E-state index < -0.39 is 0 Å². The molecule has 1 saturated heterocycles. The third kappa shape index (κ3) is 3.68. The Morgan fingerprint density at radius 1 is 1.75 bits per heavy atom. The lowest BCUT2D eigenvalue weighted by Gasteiger charge is -2.30. The molecule has 4 nitrogen and oxygen atoms in total. The monoisotopic (exact) mass is 261 g/mol. The van der Waals surface area contributed by atoms with Gasteiger partial charge in [0, 0.05) is 26.2 Å². The number of ether oxygens (including phenoxy) is 1. The van der Waals surface area contributed by atoms with Gasteiger partial charge in [0.25, 0.3) is 0 Å². The van der Waals surface area contributed by atoms with Crippen LogP contribution in [0.2, 0.25) is 4.34 Å². The lowest BCUT2D eigenvalue weighted by Crippen LogP contribution is -2.44. The van der Waals surface area contributed by atoms with Gasteiger partial charge in [-0.1, -0.05) is 11.6 Å². The number of nitrogens with one attached hydrogen (secondary N) is 1. The molecule has 16 heavy (non-hydrogen) atoms. The molecule has 2 rings (SSSR count). The number of nitrogens with zero attached hydrogens (tertiary/aromatic N) is 2. The average molecular weight is 262 g/mol. The second-order valence-electron chi connectivity index (χ2n) is 3.94. The van der Waals surface area contributed by atoms with E-state index in [1.165, 1.54) is 11.3 Å². The highest BCUT2D eigenvalue weighted by molar-refractivity contribution is 7.15. The van der Waals surface area contributed by atoms with Crippen molar-refractivity contribution in [2.24, 2.45) is 0 Å². The molecule has 1 atom stereocenters. The Bertz CT molecular complexity index is 334. The summed E-state index contributed by atoms with van der Waals surface area (Å²) in [5.74, 6) is 0. The molecule has 0 saturated carbocycles. The number of likely N-dealkylation sites (N-methyl/N-ethyl adjacent to an activating group) is 1. The smallest absolute Gasteiger partial charge is 0.113 e. The van der Waals surface area contributed by atoms with E-state index in [4.69, 9.17) is 16.3 Å². The van der Waals surface area contributed by atoms with Gasteiger partial charge in [0.15, 0.2) is 0 Å². The molecule has 1 aromatic heterocycles. The van der Waals surface area contributed by atoms with Gasteiger partial charge in [0.05, 0.1) is 18.9 Å². The summed E-state index contributed by atoms with van der Waals surface area (Å²) in [6.45, 7) is 4.47. The summed E-state index contributed by atoms with van der Waals surface area (Å²) < 4.78 is 6.39. The Morgan fingerprint density at radius 3 is 3.31 bits per heavy atom. The number of aromatic nitrogens is 1. The predicted molar refractivity (Wildman–Crippen MR) is 66.1 cm³/mol. The van der Waals surface area contributed by atoms with Crippen LogP contribution in [0.1, 0.15) is 5.01 Å². The fourth-order valence-electron chi connectivity index (χ4n) is 1.70. The molecule has 0 spiro atoms. The van der Waals surface area contributed by atoms with Crippen molar-refractivity contribution in [1.29, 1.82) is 0 Å². The zero-order chi connectivity index (χ0) is 11.4. The molecule has 1 aliphatic heterocycles. The SMILES string of the molecule is CN1CCOC(CNCc2ncc(Cl)s2)C1. The van der Waals surface area contributed by atoms with Crippen molar-refractivity contribution in [1.82, 2.24) is 15.2 Å². The number of halogens is 1. The number of thiazole rings is 1. The van der Waals surface area contributed by atoms with Gasteiger partial charge in [0.2, 0.25) is 0 Å². The van der Waals surface area contributed by atoms with Gasteiger partial charge in [-0.15, -0.1) is 11.3 Å². The van der Waals surface area contributed by atoms with Gasteiger partial charge in [-0.05, 0) is 7.05 Å². The molecule has 1 unspecified atom stereocenters. The van der Waals surface area contributed by atoms with Gasteiger partial charge >= 0.3 is 0 Å². The lowest BCUT2D eigenvalue weighted by molar-refractivity contribution is -0.0182. The first-order valence-electron chi connectivity index (χ1n) is 5.35. The molecule has 2 heterocycles. The first-order valence-corrected chi connectivity index (χ1v) is 6.54. The quantitative estimate of drug-likeness (QED) is 0.884. The van der Waals surface area contributed by atoms with Crippen LogP contribution in [0.15, 0.2) is 6.20 Å². The molecule has 0 bridgehead atoms. The van der Waals surface area contributed by atoms with Crippen LogP contribution in [0.3, 0.4) is 0 Å². The minimum atomic E-state index is 0.286. The summed E-state index contributed by atoms with van der Waals surface area (Å²) in [5.41, 5.74) is 0. The van der Waals surface area contributed by atoms with E-state index >= 15 is 0 Å². The van der Waals surface area contributed by atoms with Crippen LogP contribution in [0.5, 0.6) is 0 Å². The number of rotatable bonds is 4. The third-order valence-electron chi connectivity index (χ3n) is 2.52. The normalized spacial score (nSPS) is 22.5. The Hall–Kier alpha value is -0.200. The molecule has 1 aliphatic rings. The van der Waals surface area contributed by atoms with E-state index in [9.17, 15) is 0 Å². The standard InChI is InChI=1S/C10H16ClN3OS/c1-14-2-3-15-8(7-14)4-12-6-10-13-5-9(11)16-10/h5,8,12H,2-4,6-7H2,1H3. The van der Waals surface area contributed by atoms with Crippen molar-refractivity contribution in [3.05, 3.63) is 15.5 Å². The predicted octanol–water partition coefficient (Wildman–Crippen LogP) is 1.22. The molecule has 0 aliphatic carbocycles. The molecule has 0 radical (unpaired) electrons. The molecule has 1 N–H and O–H groups in total. The Balaban J connectivity index is 1.67. The van der Waals surface area contributed by atoms with Crippen molar-refractivity contribution in [3.63, 3.8) is 0 Å². The summed E-state index contributed by atoms with van der Waals surface area (Å²) in [4.78, 5) is 6.47. The topological polar surface area (TPSA) is 37.4 Å². The minimum Gasteiger partial charge on any atom is -0.374 e. The van der Waals surface area contributed by atoms with Crippen LogP contribution in [-0.2, 0) is 11.3 Å². The zero-order valence-electron chi connectivity index (χ0n) is 9.28. The fourth-order valence-corrected chi connectivity index (χ4v) is 2.63. The van der Waals surface area contributed by atoms with Crippen LogP contribution >= 0.6 is 22.9 Å². The Morgan fingerprint density at radius 2 is 2.62 bits per heavy atom. The first-order chi connectivity index (χ1) is 7.74. The van der Waals surface area contributed by atoms with E-state index in [1.807, 2.05) is 0 Å². The molecule has 1 fully saturated rings. The maximum absolute atomic E-state index is 5.80. The highest BCUT2D eigenvalue weighted by atomic mass is 35.5. The van der Waals surface area contributed by atoms with Crippen molar-refractivity contribution in [3.8, 4) is 0 Å². The number of morpholine rings is 1. The maximum atomic E-state index is 5.80. The molecule has 6 heteroatoms. The van der Waals surface area contributed by atoms with E-state index in [-0.39, 0.29) is 6.10 Å². The minimum absolute atomic E-state index is 0.286. The Kier molecular flexibility index (Phi) is 4.55. The third-order valence-corrected chi connectivity index (χ3v) is 3.63. The molecule has 90 valence electrons. The second kappa shape index (κ2) is 5.93. The van der Waals surface area contributed by atoms with Gasteiger partial charge in [-0.25, -0.2) is 4.98 Å². The van der Waals surface area contributed by atoms with E-state index in [0.717, 1.165) is 42.1 Å². The lowest BCUT2D eigenvalue weighted by atomic mass is 10.3. The van der Waals surface area contributed by atoms with E-state index in [1.54, 1.807) is 6.20 Å². The summed E-state index contributed by atoms with van der Waals surface area (Å²) >= 11 is 7.32. The average Bonchev–Trinajstić information content (AvgIpc) is 2.64.